The maximum atomic E-state index is 13.1. The number of hydrogen-bond acceptors (Lipinski definition) is 4. The van der Waals surface area contributed by atoms with E-state index in [1.807, 2.05) is 13.8 Å². The zero-order chi connectivity index (χ0) is 18.9. The molecule has 2 N–H and O–H groups in total. The number of carbonyl (C=O) groups excluding carboxylic acids is 1. The molecule has 1 aromatic rings. The summed E-state index contributed by atoms with van der Waals surface area (Å²) in [6, 6.07) is 0.691. The van der Waals surface area contributed by atoms with Gasteiger partial charge in [0.2, 0.25) is 5.91 Å². The number of nitrogens with one attached hydrogen (secondary N) is 1. The second-order valence-corrected chi connectivity index (χ2v) is 6.47. The molecule has 1 amide bonds. The van der Waals surface area contributed by atoms with Crippen molar-refractivity contribution in [2.45, 2.75) is 39.0 Å². The highest BCUT2D eigenvalue weighted by Gasteiger charge is 2.53. The van der Waals surface area contributed by atoms with Gasteiger partial charge in [-0.1, -0.05) is 0 Å². The fourth-order valence-electron chi connectivity index (χ4n) is 2.95. The van der Waals surface area contributed by atoms with Crippen molar-refractivity contribution in [1.29, 1.82) is 0 Å². The van der Waals surface area contributed by atoms with Crippen LogP contribution >= 0.6 is 0 Å². The summed E-state index contributed by atoms with van der Waals surface area (Å²) in [6.45, 7) is 4.37. The van der Waals surface area contributed by atoms with E-state index >= 15 is 0 Å². The highest BCUT2D eigenvalue weighted by Crippen LogP contribution is 2.38. The zero-order valence-corrected chi connectivity index (χ0v) is 14.1. The molecule has 7 nitrogen and oxygen atoms in total. The molecule has 0 saturated carbocycles. The fourth-order valence-corrected chi connectivity index (χ4v) is 2.95. The van der Waals surface area contributed by atoms with Gasteiger partial charge in [0.15, 0.2) is 0 Å². The summed E-state index contributed by atoms with van der Waals surface area (Å²) in [6.07, 6.45) is -3.11. The Morgan fingerprint density at radius 2 is 1.96 bits per heavy atom. The number of halogens is 3. The van der Waals surface area contributed by atoms with E-state index in [4.69, 9.17) is 5.11 Å². The summed E-state index contributed by atoms with van der Waals surface area (Å²) in [5.74, 6) is -5.13. The summed E-state index contributed by atoms with van der Waals surface area (Å²) in [7, 11) is 0. The average Bonchev–Trinajstić information content (AvgIpc) is 3.12. The first-order valence-electron chi connectivity index (χ1n) is 7.90. The Balaban J connectivity index is 2.09. The number of rotatable bonds is 5. The molecule has 1 aromatic heterocycles. The third-order valence-corrected chi connectivity index (χ3v) is 4.42. The molecule has 1 aliphatic rings. The number of carbonyl (C=O) groups is 2. The number of amides is 1. The van der Waals surface area contributed by atoms with E-state index in [0.717, 1.165) is 0 Å². The molecular formula is C15H21F3N4O3. The number of likely N-dealkylation sites (tertiary alicyclic amines) is 1. The van der Waals surface area contributed by atoms with Gasteiger partial charge in [-0.25, -0.2) is 4.68 Å². The van der Waals surface area contributed by atoms with E-state index in [1.165, 1.54) is 18.0 Å². The minimum atomic E-state index is -4.62. The molecule has 1 fully saturated rings. The van der Waals surface area contributed by atoms with Crippen molar-refractivity contribution in [3.8, 4) is 0 Å². The summed E-state index contributed by atoms with van der Waals surface area (Å²) in [5, 5.41) is 15.8. The van der Waals surface area contributed by atoms with E-state index < -0.39 is 42.5 Å². The van der Waals surface area contributed by atoms with Gasteiger partial charge >= 0.3 is 12.1 Å². The molecule has 10 heteroatoms. The van der Waals surface area contributed by atoms with Crippen molar-refractivity contribution < 1.29 is 27.9 Å². The molecular weight excluding hydrogens is 341 g/mol. The van der Waals surface area contributed by atoms with Crippen LogP contribution in [0.5, 0.6) is 0 Å². The lowest BCUT2D eigenvalue weighted by Gasteiger charge is -2.24. The molecule has 2 rings (SSSR count). The molecule has 2 heterocycles. The minimum Gasteiger partial charge on any atom is -0.481 e. The van der Waals surface area contributed by atoms with E-state index in [-0.39, 0.29) is 12.6 Å². The van der Waals surface area contributed by atoms with E-state index in [2.05, 4.69) is 10.4 Å². The Labute approximate surface area is 142 Å². The standard InChI is InChI=1S/C15H21F3N4O3/c1-8(2)22-12(4-5-19-22)20-13(23)9(3)21-6-10(14(24)25)11(7-21)15(16,17)18/h4-5,8-11H,6-7H2,1-3H3,(H,20,23)(H,24,25)/t9?,10-,11-/m1/s1. The normalized spacial score (nSPS) is 23.0. The average molecular weight is 362 g/mol. The maximum absolute atomic E-state index is 13.1. The summed E-state index contributed by atoms with van der Waals surface area (Å²) < 4.78 is 40.7. The molecule has 0 aliphatic carbocycles. The van der Waals surface area contributed by atoms with Crippen LogP contribution in [-0.4, -0.2) is 57.0 Å². The number of aliphatic carboxylic acids is 1. The number of alkyl halides is 3. The van der Waals surface area contributed by atoms with Crippen LogP contribution in [-0.2, 0) is 9.59 Å². The summed E-state index contributed by atoms with van der Waals surface area (Å²) >= 11 is 0. The Morgan fingerprint density at radius 1 is 1.32 bits per heavy atom. The second-order valence-electron chi connectivity index (χ2n) is 6.47. The number of nitrogens with zero attached hydrogens (tertiary/aromatic N) is 3. The molecule has 0 bridgehead atoms. The topological polar surface area (TPSA) is 87.5 Å². The lowest BCUT2D eigenvalue weighted by Crippen LogP contribution is -2.42. The molecule has 1 unspecified atom stereocenters. The van der Waals surface area contributed by atoms with Gasteiger partial charge in [0, 0.05) is 25.2 Å². The van der Waals surface area contributed by atoms with Crippen LogP contribution in [0.15, 0.2) is 12.3 Å². The van der Waals surface area contributed by atoms with Gasteiger partial charge in [-0.15, -0.1) is 0 Å². The van der Waals surface area contributed by atoms with Crippen molar-refractivity contribution >= 4 is 17.7 Å². The number of carboxylic acids is 1. The van der Waals surface area contributed by atoms with Crippen LogP contribution in [0.25, 0.3) is 0 Å². The first-order chi connectivity index (χ1) is 11.5. The van der Waals surface area contributed by atoms with Gasteiger partial charge in [0.1, 0.15) is 5.82 Å². The Bertz CT molecular complexity index is 644. The van der Waals surface area contributed by atoms with Crippen molar-refractivity contribution in [1.82, 2.24) is 14.7 Å². The van der Waals surface area contributed by atoms with Gasteiger partial charge in [0.25, 0.3) is 0 Å². The third-order valence-electron chi connectivity index (χ3n) is 4.42. The molecule has 0 spiro atoms. The molecule has 140 valence electrons. The summed E-state index contributed by atoms with van der Waals surface area (Å²) in [5.41, 5.74) is 0. The maximum Gasteiger partial charge on any atom is 0.393 e. The highest BCUT2D eigenvalue weighted by atomic mass is 19.4. The minimum absolute atomic E-state index is 0.00149. The van der Waals surface area contributed by atoms with Crippen molar-refractivity contribution in [3.63, 3.8) is 0 Å². The molecule has 25 heavy (non-hydrogen) atoms. The van der Waals surface area contributed by atoms with Crippen LogP contribution in [0.3, 0.4) is 0 Å². The van der Waals surface area contributed by atoms with Gasteiger partial charge in [-0.05, 0) is 20.8 Å². The quantitative estimate of drug-likeness (QED) is 0.836. The van der Waals surface area contributed by atoms with Crippen LogP contribution in [0.2, 0.25) is 0 Å². The lowest BCUT2D eigenvalue weighted by molar-refractivity contribution is -0.188. The SMILES string of the molecule is CC(C(=O)Nc1ccnn1C(C)C)N1C[C@@H](C(F)(F)F)[C@H](C(=O)O)C1. The van der Waals surface area contributed by atoms with Crippen LogP contribution in [0.1, 0.15) is 26.8 Å². The number of aromatic nitrogens is 2. The van der Waals surface area contributed by atoms with Crippen LogP contribution in [0.4, 0.5) is 19.0 Å². The molecule has 0 aromatic carbocycles. The largest absolute Gasteiger partial charge is 0.481 e. The smallest absolute Gasteiger partial charge is 0.393 e. The lowest BCUT2D eigenvalue weighted by atomic mass is 9.96. The number of anilines is 1. The molecule has 3 atom stereocenters. The Hall–Kier alpha value is -2.10. The predicted octanol–water partition coefficient (Wildman–Crippen LogP) is 1.99. The molecule has 1 aliphatic heterocycles. The van der Waals surface area contributed by atoms with Gasteiger partial charge in [-0.3, -0.25) is 14.5 Å². The summed E-state index contributed by atoms with van der Waals surface area (Å²) in [4.78, 5) is 24.8. The Kier molecular flexibility index (Phi) is 5.40. The second kappa shape index (κ2) is 7.03. The van der Waals surface area contributed by atoms with Gasteiger partial charge in [0.05, 0.1) is 24.1 Å². The van der Waals surface area contributed by atoms with Crippen LogP contribution < -0.4 is 5.32 Å². The molecule has 1 saturated heterocycles. The number of carboxylic acid groups (broad SMARTS) is 1. The highest BCUT2D eigenvalue weighted by molar-refractivity contribution is 5.94. The monoisotopic (exact) mass is 362 g/mol. The van der Waals surface area contributed by atoms with E-state index in [9.17, 15) is 22.8 Å². The first kappa shape index (κ1) is 19.2. The van der Waals surface area contributed by atoms with Crippen molar-refractivity contribution in [2.75, 3.05) is 18.4 Å². The third kappa shape index (κ3) is 4.12. The first-order valence-corrected chi connectivity index (χ1v) is 7.90. The van der Waals surface area contributed by atoms with Crippen molar-refractivity contribution in [2.24, 2.45) is 11.8 Å². The van der Waals surface area contributed by atoms with E-state index in [1.54, 1.807) is 10.7 Å². The fraction of sp³-hybridized carbons (Fsp3) is 0.667. The predicted molar refractivity (Wildman–Crippen MR) is 82.9 cm³/mol. The van der Waals surface area contributed by atoms with Gasteiger partial charge < -0.3 is 10.4 Å². The number of hydrogen-bond donors (Lipinski definition) is 2. The van der Waals surface area contributed by atoms with Crippen molar-refractivity contribution in [3.05, 3.63) is 12.3 Å². The van der Waals surface area contributed by atoms with Crippen LogP contribution in [0, 0.1) is 11.8 Å². The van der Waals surface area contributed by atoms with Gasteiger partial charge in [-0.2, -0.15) is 18.3 Å². The Morgan fingerprint density at radius 3 is 2.44 bits per heavy atom. The van der Waals surface area contributed by atoms with E-state index in [0.29, 0.717) is 5.82 Å². The molecule has 0 radical (unpaired) electrons. The zero-order valence-electron chi connectivity index (χ0n) is 14.1.